The number of amides is 2. The first-order chi connectivity index (χ1) is 7.97. The van der Waals surface area contributed by atoms with E-state index in [2.05, 4.69) is 10.6 Å². The van der Waals surface area contributed by atoms with Crippen LogP contribution in [0.1, 0.15) is 17.5 Å². The highest BCUT2D eigenvalue weighted by molar-refractivity contribution is 5.89. The number of aryl methyl sites for hydroxylation is 2. The van der Waals surface area contributed by atoms with Crippen molar-refractivity contribution in [3.05, 3.63) is 29.3 Å². The van der Waals surface area contributed by atoms with Gasteiger partial charge in [-0.2, -0.15) is 0 Å². The highest BCUT2D eigenvalue weighted by Gasteiger charge is 2.03. The highest BCUT2D eigenvalue weighted by Crippen LogP contribution is 2.13. The molecule has 0 spiro atoms. The summed E-state index contributed by atoms with van der Waals surface area (Å²) in [5.41, 5.74) is 2.83. The summed E-state index contributed by atoms with van der Waals surface area (Å²) < 4.78 is 0. The molecule has 1 aromatic carbocycles. The Balaban J connectivity index is 2.47. The number of nitrogens with one attached hydrogen (secondary N) is 2. The first-order valence-electron chi connectivity index (χ1n) is 5.32. The van der Waals surface area contributed by atoms with Gasteiger partial charge in [0.2, 0.25) is 0 Å². The first kappa shape index (κ1) is 13.0. The van der Waals surface area contributed by atoms with Crippen LogP contribution in [-0.4, -0.2) is 23.7 Å². The van der Waals surface area contributed by atoms with Crippen molar-refractivity contribution < 1.29 is 14.7 Å². The number of rotatable bonds is 4. The van der Waals surface area contributed by atoms with Crippen LogP contribution < -0.4 is 10.6 Å². The molecule has 0 saturated carbocycles. The Morgan fingerprint density at radius 3 is 2.29 bits per heavy atom. The normalized spacial score (nSPS) is 9.76. The second-order valence-corrected chi connectivity index (χ2v) is 3.90. The third-order valence-corrected chi connectivity index (χ3v) is 2.10. The van der Waals surface area contributed by atoms with Crippen LogP contribution in [0.15, 0.2) is 18.2 Å². The number of carboxylic acid groups (broad SMARTS) is 1. The van der Waals surface area contributed by atoms with Crippen LogP contribution in [-0.2, 0) is 4.79 Å². The van der Waals surface area contributed by atoms with Crippen LogP contribution in [0.25, 0.3) is 0 Å². The minimum absolute atomic E-state index is 0.0831. The van der Waals surface area contributed by atoms with Crippen molar-refractivity contribution in [2.24, 2.45) is 0 Å². The molecule has 0 unspecified atom stereocenters. The zero-order valence-corrected chi connectivity index (χ0v) is 9.91. The second kappa shape index (κ2) is 5.89. The molecular formula is C12H16N2O3. The lowest BCUT2D eigenvalue weighted by Crippen LogP contribution is -2.30. The molecule has 92 valence electrons. The molecule has 0 saturated heterocycles. The molecule has 5 heteroatoms. The molecule has 0 bridgehead atoms. The molecule has 0 fully saturated rings. The van der Waals surface area contributed by atoms with E-state index in [-0.39, 0.29) is 13.0 Å². The van der Waals surface area contributed by atoms with Crippen molar-refractivity contribution in [2.75, 3.05) is 11.9 Å². The van der Waals surface area contributed by atoms with Gasteiger partial charge in [-0.25, -0.2) is 4.79 Å². The van der Waals surface area contributed by atoms with Crippen LogP contribution >= 0.6 is 0 Å². The predicted octanol–water partition coefficient (Wildman–Crippen LogP) is 1.90. The van der Waals surface area contributed by atoms with E-state index in [4.69, 9.17) is 5.11 Å². The minimum Gasteiger partial charge on any atom is -0.481 e. The smallest absolute Gasteiger partial charge is 0.319 e. The number of anilines is 1. The van der Waals surface area contributed by atoms with E-state index in [1.807, 2.05) is 32.0 Å². The maximum Gasteiger partial charge on any atom is 0.319 e. The van der Waals surface area contributed by atoms with Gasteiger partial charge in [-0.15, -0.1) is 0 Å². The molecular weight excluding hydrogens is 220 g/mol. The molecule has 3 N–H and O–H groups in total. The Morgan fingerprint density at radius 1 is 1.18 bits per heavy atom. The Labute approximate surface area is 99.8 Å². The lowest BCUT2D eigenvalue weighted by molar-refractivity contribution is -0.136. The standard InChI is InChI=1S/C12H16N2O3/c1-8-5-9(2)7-10(6-8)14-12(17)13-4-3-11(15)16/h5-7H,3-4H2,1-2H3,(H,15,16)(H2,13,14,17). The Bertz CT molecular complexity index is 410. The predicted molar refractivity (Wildman–Crippen MR) is 65.2 cm³/mol. The summed E-state index contributed by atoms with van der Waals surface area (Å²) in [6.45, 7) is 4.01. The number of carboxylic acids is 1. The second-order valence-electron chi connectivity index (χ2n) is 3.90. The third-order valence-electron chi connectivity index (χ3n) is 2.10. The molecule has 0 radical (unpaired) electrons. The number of hydrogen-bond acceptors (Lipinski definition) is 2. The van der Waals surface area contributed by atoms with Crippen molar-refractivity contribution in [2.45, 2.75) is 20.3 Å². The van der Waals surface area contributed by atoms with Gasteiger partial charge in [-0.05, 0) is 37.1 Å². The minimum atomic E-state index is -0.934. The summed E-state index contributed by atoms with van der Waals surface area (Å²) in [7, 11) is 0. The molecule has 0 heterocycles. The van der Waals surface area contributed by atoms with Gasteiger partial charge < -0.3 is 15.7 Å². The fourth-order valence-electron chi connectivity index (χ4n) is 1.51. The maximum absolute atomic E-state index is 11.4. The summed E-state index contributed by atoms with van der Waals surface area (Å²) in [6.07, 6.45) is -0.0831. The van der Waals surface area contributed by atoms with Crippen LogP contribution in [0.2, 0.25) is 0 Å². The molecule has 1 rings (SSSR count). The number of benzene rings is 1. The molecule has 1 aromatic rings. The van der Waals surface area contributed by atoms with E-state index in [0.717, 1.165) is 11.1 Å². The van der Waals surface area contributed by atoms with Crippen LogP contribution in [0.4, 0.5) is 10.5 Å². The van der Waals surface area contributed by atoms with Crippen LogP contribution in [0, 0.1) is 13.8 Å². The molecule has 17 heavy (non-hydrogen) atoms. The summed E-state index contributed by atoms with van der Waals surface area (Å²) in [5, 5.41) is 13.5. The van der Waals surface area contributed by atoms with Gasteiger partial charge in [0.15, 0.2) is 0 Å². The fraction of sp³-hybridized carbons (Fsp3) is 0.333. The molecule has 0 atom stereocenters. The van der Waals surface area contributed by atoms with Gasteiger partial charge in [-0.1, -0.05) is 6.07 Å². The van der Waals surface area contributed by atoms with Crippen molar-refractivity contribution in [3.8, 4) is 0 Å². The number of hydrogen-bond donors (Lipinski definition) is 3. The summed E-state index contributed by atoms with van der Waals surface area (Å²) in [4.78, 5) is 21.7. The number of carbonyl (C=O) groups excluding carboxylic acids is 1. The lowest BCUT2D eigenvalue weighted by Gasteiger charge is -2.08. The monoisotopic (exact) mass is 236 g/mol. The van der Waals surface area contributed by atoms with Gasteiger partial charge in [0, 0.05) is 12.2 Å². The number of carbonyl (C=O) groups is 2. The topological polar surface area (TPSA) is 78.4 Å². The average molecular weight is 236 g/mol. The van der Waals surface area contributed by atoms with Gasteiger partial charge in [0.05, 0.1) is 6.42 Å². The molecule has 0 aromatic heterocycles. The van der Waals surface area contributed by atoms with Crippen LogP contribution in [0.3, 0.4) is 0 Å². The maximum atomic E-state index is 11.4. The highest BCUT2D eigenvalue weighted by atomic mass is 16.4. The van der Waals surface area contributed by atoms with Crippen molar-refractivity contribution in [1.82, 2.24) is 5.32 Å². The summed E-state index contributed by atoms with van der Waals surface area (Å²) >= 11 is 0. The van der Waals surface area contributed by atoms with Gasteiger partial charge >= 0.3 is 12.0 Å². The van der Waals surface area contributed by atoms with Gasteiger partial charge in [0.1, 0.15) is 0 Å². The Kier molecular flexibility index (Phi) is 4.51. The molecule has 0 aliphatic rings. The molecule has 0 aliphatic carbocycles. The molecule has 5 nitrogen and oxygen atoms in total. The molecule has 0 aliphatic heterocycles. The van der Waals surface area contributed by atoms with Gasteiger partial charge in [-0.3, -0.25) is 4.79 Å². The first-order valence-corrected chi connectivity index (χ1v) is 5.32. The van der Waals surface area contributed by atoms with Crippen molar-refractivity contribution in [3.63, 3.8) is 0 Å². The van der Waals surface area contributed by atoms with E-state index in [1.165, 1.54) is 0 Å². The van der Waals surface area contributed by atoms with Gasteiger partial charge in [0.25, 0.3) is 0 Å². The number of aliphatic carboxylic acids is 1. The van der Waals surface area contributed by atoms with E-state index in [1.54, 1.807) is 0 Å². The Hall–Kier alpha value is -2.04. The van der Waals surface area contributed by atoms with E-state index in [0.29, 0.717) is 5.69 Å². The zero-order chi connectivity index (χ0) is 12.8. The molecule has 2 amide bonds. The lowest BCUT2D eigenvalue weighted by atomic mass is 10.1. The number of urea groups is 1. The largest absolute Gasteiger partial charge is 0.481 e. The van der Waals surface area contributed by atoms with E-state index >= 15 is 0 Å². The third kappa shape index (κ3) is 5.01. The van der Waals surface area contributed by atoms with Crippen LogP contribution in [0.5, 0.6) is 0 Å². The van der Waals surface area contributed by atoms with Crippen molar-refractivity contribution in [1.29, 1.82) is 0 Å². The van der Waals surface area contributed by atoms with Crippen molar-refractivity contribution >= 4 is 17.7 Å². The summed E-state index contributed by atoms with van der Waals surface area (Å²) in [6, 6.07) is 5.32. The summed E-state index contributed by atoms with van der Waals surface area (Å²) in [5.74, 6) is -0.934. The van der Waals surface area contributed by atoms with E-state index < -0.39 is 12.0 Å². The zero-order valence-electron chi connectivity index (χ0n) is 9.91. The fourth-order valence-corrected chi connectivity index (χ4v) is 1.51. The average Bonchev–Trinajstić information content (AvgIpc) is 2.14. The Morgan fingerprint density at radius 2 is 1.76 bits per heavy atom. The SMILES string of the molecule is Cc1cc(C)cc(NC(=O)NCCC(=O)O)c1. The van der Waals surface area contributed by atoms with E-state index in [9.17, 15) is 9.59 Å². The quantitative estimate of drug-likeness (QED) is 0.747.